The van der Waals surface area contributed by atoms with E-state index in [0.29, 0.717) is 5.56 Å². The lowest BCUT2D eigenvalue weighted by Crippen LogP contribution is -2.49. The molecule has 0 fully saturated rings. The summed E-state index contributed by atoms with van der Waals surface area (Å²) in [7, 11) is 0. The van der Waals surface area contributed by atoms with Gasteiger partial charge in [0.05, 0.1) is 11.7 Å². The van der Waals surface area contributed by atoms with Crippen molar-refractivity contribution in [3.05, 3.63) is 65.2 Å². The molecule has 2 aliphatic heterocycles. The normalized spacial score (nSPS) is 20.3. The fourth-order valence-electron chi connectivity index (χ4n) is 3.61. The topological polar surface area (TPSA) is 117 Å². The number of fused-ring (bicyclic) bond motifs is 2. The summed E-state index contributed by atoms with van der Waals surface area (Å²) in [5, 5.41) is 2.65. The molecule has 2 aliphatic rings. The van der Waals surface area contributed by atoms with Crippen LogP contribution < -0.4 is 15.8 Å². The smallest absolute Gasteiger partial charge is 0.341 e. The van der Waals surface area contributed by atoms with Gasteiger partial charge in [-0.15, -0.1) is 0 Å². The number of nitrogens with two attached hydrogens (primary N) is 1. The van der Waals surface area contributed by atoms with Crippen LogP contribution in [0.3, 0.4) is 0 Å². The summed E-state index contributed by atoms with van der Waals surface area (Å²) >= 11 is 0. The Morgan fingerprint density at radius 3 is 2.62 bits per heavy atom. The van der Waals surface area contributed by atoms with Crippen molar-refractivity contribution in [1.29, 1.82) is 0 Å². The molecule has 8 heteroatoms. The van der Waals surface area contributed by atoms with Gasteiger partial charge < -0.3 is 25.3 Å². The third-order valence-electron chi connectivity index (χ3n) is 4.61. The molecule has 0 saturated heterocycles. The van der Waals surface area contributed by atoms with E-state index in [9.17, 15) is 14.4 Å². The van der Waals surface area contributed by atoms with Gasteiger partial charge in [0.15, 0.2) is 0 Å². The number of nitrogens with one attached hydrogen (secondary N) is 1. The first kappa shape index (κ1) is 20.2. The van der Waals surface area contributed by atoms with Gasteiger partial charge in [-0.05, 0) is 26.8 Å². The van der Waals surface area contributed by atoms with E-state index in [1.165, 1.54) is 6.08 Å². The monoisotopic (exact) mass is 398 g/mol. The Labute approximate surface area is 168 Å². The Morgan fingerprint density at radius 1 is 1.28 bits per heavy atom. The Hall–Kier alpha value is -3.55. The molecular formula is C21H22N2O6. The quantitative estimate of drug-likeness (QED) is 0.571. The standard InChI is InChI=1S/C21H22N2O6/c1-5-10-27-18(24)15-12(4)23-20(26)21(15)13-8-6-7-9-14(13)29-17(22)16(21)19(25)28-11(2)3/h5-9,11H,1,10,22H2,2-4H3,(H,23,26). The van der Waals surface area contributed by atoms with Crippen molar-refractivity contribution in [2.45, 2.75) is 32.3 Å². The average molecular weight is 398 g/mol. The molecule has 8 nitrogen and oxygen atoms in total. The summed E-state index contributed by atoms with van der Waals surface area (Å²) in [6.45, 7) is 8.33. The van der Waals surface area contributed by atoms with Crippen molar-refractivity contribution in [3.63, 3.8) is 0 Å². The lowest BCUT2D eigenvalue weighted by atomic mass is 9.67. The Bertz CT molecular complexity index is 975. The molecule has 2 heterocycles. The third kappa shape index (κ3) is 3.06. The predicted octanol–water partition coefficient (Wildman–Crippen LogP) is 1.57. The van der Waals surface area contributed by atoms with Crippen LogP contribution in [0.25, 0.3) is 0 Å². The zero-order chi connectivity index (χ0) is 21.3. The first-order valence-corrected chi connectivity index (χ1v) is 9.04. The van der Waals surface area contributed by atoms with E-state index in [2.05, 4.69) is 11.9 Å². The van der Waals surface area contributed by atoms with Crippen LogP contribution in [0.1, 0.15) is 26.3 Å². The molecule has 3 rings (SSSR count). The van der Waals surface area contributed by atoms with E-state index < -0.39 is 29.4 Å². The molecule has 1 amide bonds. The van der Waals surface area contributed by atoms with Crippen molar-refractivity contribution in [2.24, 2.45) is 5.73 Å². The number of carbonyl (C=O) groups excluding carboxylic acids is 3. The predicted molar refractivity (Wildman–Crippen MR) is 103 cm³/mol. The number of esters is 2. The Kier molecular flexibility index (Phi) is 5.19. The number of para-hydroxylation sites is 1. The number of carbonyl (C=O) groups is 3. The molecule has 0 saturated carbocycles. The van der Waals surface area contributed by atoms with Crippen LogP contribution in [0.2, 0.25) is 0 Å². The number of ether oxygens (including phenoxy) is 3. The van der Waals surface area contributed by atoms with Gasteiger partial charge in [0, 0.05) is 11.3 Å². The Morgan fingerprint density at radius 2 is 1.97 bits per heavy atom. The second-order valence-corrected chi connectivity index (χ2v) is 6.88. The molecule has 29 heavy (non-hydrogen) atoms. The highest BCUT2D eigenvalue weighted by molar-refractivity contribution is 6.17. The first-order valence-electron chi connectivity index (χ1n) is 9.04. The molecule has 1 unspecified atom stereocenters. The number of allylic oxidation sites excluding steroid dienone is 1. The summed E-state index contributed by atoms with van der Waals surface area (Å²) < 4.78 is 16.2. The second-order valence-electron chi connectivity index (χ2n) is 6.88. The fraction of sp³-hybridized carbons (Fsp3) is 0.286. The highest BCUT2D eigenvalue weighted by Crippen LogP contribution is 2.51. The van der Waals surface area contributed by atoms with E-state index in [1.807, 2.05) is 0 Å². The summed E-state index contributed by atoms with van der Waals surface area (Å²) in [6, 6.07) is 6.56. The lowest BCUT2D eigenvalue weighted by Gasteiger charge is -2.36. The minimum absolute atomic E-state index is 0.0428. The van der Waals surface area contributed by atoms with E-state index in [4.69, 9.17) is 19.9 Å². The highest BCUT2D eigenvalue weighted by atomic mass is 16.5. The van der Waals surface area contributed by atoms with Gasteiger partial charge in [-0.2, -0.15) is 0 Å². The zero-order valence-electron chi connectivity index (χ0n) is 16.4. The van der Waals surface area contributed by atoms with Gasteiger partial charge in [0.25, 0.3) is 0 Å². The van der Waals surface area contributed by atoms with Crippen molar-refractivity contribution in [2.75, 3.05) is 6.61 Å². The van der Waals surface area contributed by atoms with Gasteiger partial charge in [0.2, 0.25) is 11.8 Å². The largest absolute Gasteiger partial charge is 0.459 e. The average Bonchev–Trinajstić information content (AvgIpc) is 2.89. The van der Waals surface area contributed by atoms with Crippen LogP contribution >= 0.6 is 0 Å². The molecule has 3 N–H and O–H groups in total. The second kappa shape index (κ2) is 7.46. The molecule has 152 valence electrons. The molecule has 0 aromatic heterocycles. The lowest BCUT2D eigenvalue weighted by molar-refractivity contribution is -0.145. The van der Waals surface area contributed by atoms with Gasteiger partial charge >= 0.3 is 11.9 Å². The molecular weight excluding hydrogens is 376 g/mol. The number of amides is 1. The number of hydrogen-bond acceptors (Lipinski definition) is 7. The van der Waals surface area contributed by atoms with Crippen LogP contribution in [0.15, 0.2) is 59.6 Å². The minimum Gasteiger partial charge on any atom is -0.459 e. The minimum atomic E-state index is -1.85. The molecule has 0 bridgehead atoms. The fourth-order valence-corrected chi connectivity index (χ4v) is 3.61. The Balaban J connectivity index is 2.32. The van der Waals surface area contributed by atoms with Gasteiger partial charge in [-0.3, -0.25) is 4.79 Å². The molecule has 0 radical (unpaired) electrons. The van der Waals surface area contributed by atoms with Crippen LogP contribution in [-0.2, 0) is 29.3 Å². The molecule has 1 aromatic carbocycles. The first-order chi connectivity index (χ1) is 13.7. The maximum atomic E-state index is 13.3. The van der Waals surface area contributed by atoms with Crippen molar-refractivity contribution < 1.29 is 28.6 Å². The van der Waals surface area contributed by atoms with E-state index >= 15 is 0 Å². The van der Waals surface area contributed by atoms with Crippen LogP contribution in [0.5, 0.6) is 5.75 Å². The third-order valence-corrected chi connectivity index (χ3v) is 4.61. The summed E-state index contributed by atoms with van der Waals surface area (Å²) in [4.78, 5) is 39.3. The molecule has 1 aromatic rings. The van der Waals surface area contributed by atoms with E-state index in [0.717, 1.165) is 0 Å². The SMILES string of the molecule is C=CCOC(=O)C1=C(C)NC(=O)C12C(C(=O)OC(C)C)=C(N)Oc1ccccc12. The van der Waals surface area contributed by atoms with E-state index in [1.54, 1.807) is 45.0 Å². The number of benzene rings is 1. The molecule has 1 atom stereocenters. The maximum Gasteiger partial charge on any atom is 0.341 e. The van der Waals surface area contributed by atoms with Gasteiger partial charge in [0.1, 0.15) is 23.3 Å². The van der Waals surface area contributed by atoms with Crippen LogP contribution in [0.4, 0.5) is 0 Å². The van der Waals surface area contributed by atoms with Crippen molar-refractivity contribution in [3.8, 4) is 5.75 Å². The summed E-state index contributed by atoms with van der Waals surface area (Å²) in [5.41, 5.74) is 4.47. The summed E-state index contributed by atoms with van der Waals surface area (Å²) in [5.74, 6) is -2.31. The number of hydrogen-bond donors (Lipinski definition) is 2. The highest BCUT2D eigenvalue weighted by Gasteiger charge is 2.61. The van der Waals surface area contributed by atoms with E-state index in [-0.39, 0.29) is 35.1 Å². The van der Waals surface area contributed by atoms with Crippen LogP contribution in [-0.4, -0.2) is 30.6 Å². The van der Waals surface area contributed by atoms with Gasteiger partial charge in [-0.25, -0.2) is 9.59 Å². The van der Waals surface area contributed by atoms with Gasteiger partial charge in [-0.1, -0.05) is 30.9 Å². The summed E-state index contributed by atoms with van der Waals surface area (Å²) in [6.07, 6.45) is 0.920. The zero-order valence-corrected chi connectivity index (χ0v) is 16.4. The van der Waals surface area contributed by atoms with Crippen LogP contribution in [0, 0.1) is 0 Å². The van der Waals surface area contributed by atoms with Crippen molar-refractivity contribution >= 4 is 17.8 Å². The molecule has 0 aliphatic carbocycles. The number of rotatable bonds is 5. The molecule has 1 spiro atoms. The van der Waals surface area contributed by atoms with Crippen molar-refractivity contribution in [1.82, 2.24) is 5.32 Å². The maximum absolute atomic E-state index is 13.3.